The second kappa shape index (κ2) is 7.23. The first-order chi connectivity index (χ1) is 11.3. The molecule has 0 fully saturated rings. The molecular weight excluding hydrogens is 328 g/mol. The van der Waals surface area contributed by atoms with Crippen LogP contribution in [-0.4, -0.2) is 38.5 Å². The summed E-state index contributed by atoms with van der Waals surface area (Å²) in [5.41, 5.74) is 3.36. The summed E-state index contributed by atoms with van der Waals surface area (Å²) < 4.78 is 31.1. The highest BCUT2D eigenvalue weighted by molar-refractivity contribution is 7.89. The SMILES string of the molecule is CCNc1ccc(S(=O)(=O)N(C)C)cc1NCc1c(C)noc1C. The number of aromatic nitrogens is 1. The van der Waals surface area contributed by atoms with E-state index in [1.807, 2.05) is 20.8 Å². The quantitative estimate of drug-likeness (QED) is 0.796. The van der Waals surface area contributed by atoms with Crippen LogP contribution in [0.3, 0.4) is 0 Å². The topological polar surface area (TPSA) is 87.5 Å². The molecule has 0 unspecified atom stereocenters. The molecule has 1 aromatic heterocycles. The minimum absolute atomic E-state index is 0.246. The first kappa shape index (κ1) is 18.3. The van der Waals surface area contributed by atoms with Crippen molar-refractivity contribution in [1.82, 2.24) is 9.46 Å². The Balaban J connectivity index is 2.35. The standard InChI is InChI=1S/C16H24N4O3S/c1-6-17-15-8-7-13(24(21,22)20(4)5)9-16(15)18-10-14-11(2)19-23-12(14)3/h7-9,17-18H,6,10H2,1-5H3. The van der Waals surface area contributed by atoms with Gasteiger partial charge in [0.05, 0.1) is 22.0 Å². The minimum atomic E-state index is -3.48. The van der Waals surface area contributed by atoms with E-state index >= 15 is 0 Å². The zero-order chi connectivity index (χ0) is 17.9. The summed E-state index contributed by atoms with van der Waals surface area (Å²) in [4.78, 5) is 0.246. The van der Waals surface area contributed by atoms with Gasteiger partial charge < -0.3 is 15.2 Å². The molecule has 2 rings (SSSR count). The van der Waals surface area contributed by atoms with Crippen molar-refractivity contribution in [3.8, 4) is 0 Å². The lowest BCUT2D eigenvalue weighted by molar-refractivity contribution is 0.392. The number of hydrogen-bond donors (Lipinski definition) is 2. The Hall–Kier alpha value is -2.06. The van der Waals surface area contributed by atoms with Crippen molar-refractivity contribution in [2.75, 3.05) is 31.3 Å². The summed E-state index contributed by atoms with van der Waals surface area (Å²) >= 11 is 0. The Morgan fingerprint density at radius 1 is 1.17 bits per heavy atom. The molecule has 0 atom stereocenters. The largest absolute Gasteiger partial charge is 0.384 e. The number of nitrogens with zero attached hydrogens (tertiary/aromatic N) is 2. The van der Waals surface area contributed by atoms with Gasteiger partial charge in [-0.25, -0.2) is 12.7 Å². The van der Waals surface area contributed by atoms with Crippen LogP contribution in [0.25, 0.3) is 0 Å². The van der Waals surface area contributed by atoms with Gasteiger partial charge in [-0.1, -0.05) is 5.16 Å². The Bertz CT molecular complexity index is 793. The normalized spacial score (nSPS) is 11.8. The van der Waals surface area contributed by atoms with Crippen LogP contribution in [0.15, 0.2) is 27.6 Å². The van der Waals surface area contributed by atoms with Gasteiger partial charge in [0.25, 0.3) is 0 Å². The van der Waals surface area contributed by atoms with Crippen LogP contribution >= 0.6 is 0 Å². The van der Waals surface area contributed by atoms with Crippen LogP contribution in [-0.2, 0) is 16.6 Å². The van der Waals surface area contributed by atoms with Crippen molar-refractivity contribution >= 4 is 21.4 Å². The fourth-order valence-corrected chi connectivity index (χ4v) is 3.25. The van der Waals surface area contributed by atoms with E-state index in [0.29, 0.717) is 6.54 Å². The number of aryl methyl sites for hydroxylation is 2. The van der Waals surface area contributed by atoms with Gasteiger partial charge in [-0.2, -0.15) is 0 Å². The number of anilines is 2. The summed E-state index contributed by atoms with van der Waals surface area (Å²) in [5.74, 6) is 0.752. The van der Waals surface area contributed by atoms with E-state index in [1.165, 1.54) is 18.4 Å². The Kier molecular flexibility index (Phi) is 5.51. The molecule has 0 saturated heterocycles. The Morgan fingerprint density at radius 2 is 1.88 bits per heavy atom. The van der Waals surface area contributed by atoms with E-state index in [1.54, 1.807) is 18.2 Å². The molecule has 1 heterocycles. The summed E-state index contributed by atoms with van der Waals surface area (Å²) in [5, 5.41) is 10.5. The third-order valence-electron chi connectivity index (χ3n) is 3.77. The summed E-state index contributed by atoms with van der Waals surface area (Å²) in [7, 11) is -0.448. The van der Waals surface area contributed by atoms with Gasteiger partial charge in [-0.3, -0.25) is 0 Å². The zero-order valence-corrected chi connectivity index (χ0v) is 15.5. The van der Waals surface area contributed by atoms with Crippen molar-refractivity contribution in [1.29, 1.82) is 0 Å². The molecule has 0 saturated carbocycles. The fourth-order valence-electron chi connectivity index (χ4n) is 2.32. The van der Waals surface area contributed by atoms with Crippen LogP contribution in [0.1, 0.15) is 23.9 Å². The summed E-state index contributed by atoms with van der Waals surface area (Å²) in [6.07, 6.45) is 0. The first-order valence-corrected chi connectivity index (χ1v) is 9.17. The van der Waals surface area contributed by atoms with Crippen molar-refractivity contribution < 1.29 is 12.9 Å². The van der Waals surface area contributed by atoms with Crippen LogP contribution < -0.4 is 10.6 Å². The second-order valence-corrected chi connectivity index (χ2v) is 7.83. The van der Waals surface area contributed by atoms with Gasteiger partial charge >= 0.3 is 0 Å². The number of benzene rings is 1. The highest BCUT2D eigenvalue weighted by Crippen LogP contribution is 2.27. The van der Waals surface area contributed by atoms with Gasteiger partial charge in [-0.05, 0) is 39.0 Å². The molecule has 2 N–H and O–H groups in total. The molecule has 2 aromatic rings. The van der Waals surface area contributed by atoms with Crippen LogP contribution in [0.4, 0.5) is 11.4 Å². The molecule has 0 amide bonds. The maximum Gasteiger partial charge on any atom is 0.242 e. The van der Waals surface area contributed by atoms with E-state index in [2.05, 4.69) is 15.8 Å². The predicted molar refractivity (Wildman–Crippen MR) is 94.8 cm³/mol. The third kappa shape index (κ3) is 3.70. The Morgan fingerprint density at radius 3 is 2.42 bits per heavy atom. The van der Waals surface area contributed by atoms with Gasteiger partial charge in [0.1, 0.15) is 5.76 Å². The molecule has 0 aliphatic rings. The molecule has 24 heavy (non-hydrogen) atoms. The molecule has 132 valence electrons. The highest BCUT2D eigenvalue weighted by atomic mass is 32.2. The van der Waals surface area contributed by atoms with Crippen LogP contribution in [0.2, 0.25) is 0 Å². The summed E-state index contributed by atoms with van der Waals surface area (Å²) in [6.45, 7) is 6.97. The molecule has 1 aromatic carbocycles. The number of rotatable bonds is 7. The molecule has 0 aliphatic heterocycles. The molecule has 8 heteroatoms. The molecule has 0 spiro atoms. The van der Waals surface area contributed by atoms with E-state index in [0.717, 1.165) is 34.9 Å². The monoisotopic (exact) mass is 352 g/mol. The highest BCUT2D eigenvalue weighted by Gasteiger charge is 2.19. The van der Waals surface area contributed by atoms with Gasteiger partial charge in [-0.15, -0.1) is 0 Å². The number of sulfonamides is 1. The molecule has 0 bridgehead atoms. The lowest BCUT2D eigenvalue weighted by Gasteiger charge is -2.17. The van der Waals surface area contributed by atoms with Crippen molar-refractivity contribution in [3.05, 3.63) is 35.2 Å². The van der Waals surface area contributed by atoms with E-state index < -0.39 is 10.0 Å². The third-order valence-corrected chi connectivity index (χ3v) is 5.58. The summed E-state index contributed by atoms with van der Waals surface area (Å²) in [6, 6.07) is 5.02. The first-order valence-electron chi connectivity index (χ1n) is 7.73. The second-order valence-electron chi connectivity index (χ2n) is 5.68. The van der Waals surface area contributed by atoms with Crippen LogP contribution in [0.5, 0.6) is 0 Å². The van der Waals surface area contributed by atoms with Gasteiger partial charge in [0.2, 0.25) is 10.0 Å². The van der Waals surface area contributed by atoms with Gasteiger partial charge in [0, 0.05) is 32.7 Å². The molecular formula is C16H24N4O3S. The lowest BCUT2D eigenvalue weighted by Crippen LogP contribution is -2.22. The maximum absolute atomic E-state index is 12.3. The average molecular weight is 352 g/mol. The predicted octanol–water partition coefficient (Wildman–Crippen LogP) is 2.59. The van der Waals surface area contributed by atoms with Crippen LogP contribution in [0, 0.1) is 13.8 Å². The Labute approximate surface area is 143 Å². The number of nitrogens with one attached hydrogen (secondary N) is 2. The van der Waals surface area contributed by atoms with Crippen molar-refractivity contribution in [2.24, 2.45) is 0 Å². The smallest absolute Gasteiger partial charge is 0.242 e. The van der Waals surface area contributed by atoms with Crippen molar-refractivity contribution in [3.63, 3.8) is 0 Å². The zero-order valence-electron chi connectivity index (χ0n) is 14.7. The van der Waals surface area contributed by atoms with E-state index in [9.17, 15) is 8.42 Å². The average Bonchev–Trinajstić information content (AvgIpc) is 2.85. The fraction of sp³-hybridized carbons (Fsp3) is 0.438. The molecule has 0 radical (unpaired) electrons. The molecule has 0 aliphatic carbocycles. The minimum Gasteiger partial charge on any atom is -0.384 e. The lowest BCUT2D eigenvalue weighted by atomic mass is 10.2. The molecule has 7 nitrogen and oxygen atoms in total. The van der Waals surface area contributed by atoms with E-state index in [4.69, 9.17) is 4.52 Å². The maximum atomic E-state index is 12.3. The number of hydrogen-bond acceptors (Lipinski definition) is 6. The van der Waals surface area contributed by atoms with E-state index in [-0.39, 0.29) is 4.90 Å². The van der Waals surface area contributed by atoms with Gasteiger partial charge in [0.15, 0.2) is 0 Å². The van der Waals surface area contributed by atoms with Crippen molar-refractivity contribution in [2.45, 2.75) is 32.2 Å².